The Morgan fingerprint density at radius 2 is 2.26 bits per heavy atom. The molecule has 1 saturated heterocycles. The van der Waals surface area contributed by atoms with Crippen molar-refractivity contribution in [2.24, 2.45) is 5.92 Å². The van der Waals surface area contributed by atoms with E-state index < -0.39 is 17.9 Å². The topological polar surface area (TPSA) is 66.8 Å². The Hall–Kier alpha value is -2.04. The van der Waals surface area contributed by atoms with Gasteiger partial charge in [-0.2, -0.15) is 0 Å². The molecule has 19 heavy (non-hydrogen) atoms. The van der Waals surface area contributed by atoms with Crippen LogP contribution >= 0.6 is 0 Å². The maximum absolute atomic E-state index is 11.9. The average Bonchev–Trinajstić information content (AvgIpc) is 2.75. The summed E-state index contributed by atoms with van der Waals surface area (Å²) in [4.78, 5) is 24.8. The summed E-state index contributed by atoms with van der Waals surface area (Å²) in [5.74, 6) is -1.07. The third-order valence-electron chi connectivity index (χ3n) is 3.52. The first-order valence-corrected chi connectivity index (χ1v) is 6.24. The number of benzene rings is 1. The van der Waals surface area contributed by atoms with Crippen LogP contribution in [0.3, 0.4) is 0 Å². The molecule has 0 saturated carbocycles. The van der Waals surface area contributed by atoms with Gasteiger partial charge in [-0.25, -0.2) is 0 Å². The number of ether oxygens (including phenoxy) is 1. The van der Waals surface area contributed by atoms with Gasteiger partial charge in [-0.15, -0.1) is 0 Å². The van der Waals surface area contributed by atoms with Crippen molar-refractivity contribution in [3.63, 3.8) is 0 Å². The van der Waals surface area contributed by atoms with E-state index in [1.54, 1.807) is 24.1 Å². The number of carbonyl (C=O) groups is 2. The van der Waals surface area contributed by atoms with Crippen LogP contribution in [0.1, 0.15) is 24.9 Å². The zero-order chi connectivity index (χ0) is 14.0. The van der Waals surface area contributed by atoms with Crippen molar-refractivity contribution in [2.45, 2.75) is 19.4 Å². The molecule has 2 atom stereocenters. The summed E-state index contributed by atoms with van der Waals surface area (Å²) in [5, 5.41) is 9.29. The lowest BCUT2D eigenvalue weighted by Crippen LogP contribution is -2.30. The van der Waals surface area contributed by atoms with E-state index in [9.17, 15) is 14.7 Å². The molecule has 5 heteroatoms. The molecule has 102 valence electrons. The lowest BCUT2D eigenvalue weighted by Gasteiger charge is -2.26. The Morgan fingerprint density at radius 1 is 1.53 bits per heavy atom. The molecule has 5 nitrogen and oxygen atoms in total. The van der Waals surface area contributed by atoms with Gasteiger partial charge in [-0.1, -0.05) is 12.1 Å². The Bertz CT molecular complexity index is 500. The number of hydrogen-bond acceptors (Lipinski definition) is 3. The zero-order valence-electron chi connectivity index (χ0n) is 11.0. The standard InChI is InChI=1S/C14H17NO4/c1-3-15-12(16)8-11(14(17)18)13(15)9-5-4-6-10(7-9)19-2/h4-7,11,13H,3,8H2,1-2H3,(H,17,18)/t11-,13+/m0/s1. The lowest BCUT2D eigenvalue weighted by molar-refractivity contribution is -0.142. The molecule has 0 unspecified atom stereocenters. The molecule has 1 fully saturated rings. The van der Waals surface area contributed by atoms with Crippen LogP contribution in [0.5, 0.6) is 5.75 Å². The quantitative estimate of drug-likeness (QED) is 0.897. The summed E-state index contributed by atoms with van der Waals surface area (Å²) >= 11 is 0. The van der Waals surface area contributed by atoms with E-state index in [0.29, 0.717) is 12.3 Å². The number of amides is 1. The summed E-state index contributed by atoms with van der Waals surface area (Å²) in [6, 6.07) is 6.83. The van der Waals surface area contributed by atoms with E-state index in [2.05, 4.69) is 0 Å². The summed E-state index contributed by atoms with van der Waals surface area (Å²) in [6.45, 7) is 2.36. The minimum atomic E-state index is -0.933. The number of likely N-dealkylation sites (tertiary alicyclic amines) is 1. The molecule has 0 radical (unpaired) electrons. The highest BCUT2D eigenvalue weighted by molar-refractivity contribution is 5.87. The van der Waals surface area contributed by atoms with Crippen molar-refractivity contribution < 1.29 is 19.4 Å². The smallest absolute Gasteiger partial charge is 0.309 e. The Kier molecular flexibility index (Phi) is 3.74. The van der Waals surface area contributed by atoms with E-state index in [-0.39, 0.29) is 12.3 Å². The first-order chi connectivity index (χ1) is 9.08. The van der Waals surface area contributed by atoms with Gasteiger partial charge in [0.2, 0.25) is 5.91 Å². The SMILES string of the molecule is CCN1C(=O)C[C@H](C(=O)O)[C@H]1c1cccc(OC)c1. The number of hydrogen-bond donors (Lipinski definition) is 1. The minimum absolute atomic E-state index is 0.0606. The van der Waals surface area contributed by atoms with E-state index in [1.165, 1.54) is 0 Å². The second-order valence-corrected chi connectivity index (χ2v) is 4.55. The number of nitrogens with zero attached hydrogens (tertiary/aromatic N) is 1. The molecule has 0 aliphatic carbocycles. The van der Waals surface area contributed by atoms with Gasteiger partial charge < -0.3 is 14.7 Å². The van der Waals surface area contributed by atoms with Crippen molar-refractivity contribution in [1.82, 2.24) is 4.90 Å². The Labute approximate surface area is 111 Å². The summed E-state index contributed by atoms with van der Waals surface area (Å²) < 4.78 is 5.15. The largest absolute Gasteiger partial charge is 0.497 e. The fourth-order valence-electron chi connectivity index (χ4n) is 2.62. The third kappa shape index (κ3) is 2.41. The van der Waals surface area contributed by atoms with E-state index in [1.807, 2.05) is 19.1 Å². The average molecular weight is 263 g/mol. The van der Waals surface area contributed by atoms with Crippen LogP contribution in [-0.4, -0.2) is 35.5 Å². The number of carboxylic acid groups (broad SMARTS) is 1. The molecule has 2 rings (SSSR count). The molecule has 1 aromatic rings. The van der Waals surface area contributed by atoms with Gasteiger partial charge in [0.15, 0.2) is 0 Å². The van der Waals surface area contributed by atoms with Crippen LogP contribution in [0, 0.1) is 5.92 Å². The van der Waals surface area contributed by atoms with E-state index >= 15 is 0 Å². The molecular formula is C14H17NO4. The number of methoxy groups -OCH3 is 1. The van der Waals surface area contributed by atoms with Gasteiger partial charge >= 0.3 is 5.97 Å². The summed E-state index contributed by atoms with van der Waals surface area (Å²) in [6.07, 6.45) is 0.0606. The van der Waals surface area contributed by atoms with Crippen LogP contribution in [0.15, 0.2) is 24.3 Å². The van der Waals surface area contributed by atoms with Gasteiger partial charge in [-0.05, 0) is 24.6 Å². The molecule has 1 aliphatic heterocycles. The third-order valence-corrected chi connectivity index (χ3v) is 3.52. The van der Waals surface area contributed by atoms with Crippen molar-refractivity contribution >= 4 is 11.9 Å². The van der Waals surface area contributed by atoms with E-state index in [4.69, 9.17) is 4.74 Å². The van der Waals surface area contributed by atoms with Crippen LogP contribution in [0.4, 0.5) is 0 Å². The first kappa shape index (κ1) is 13.4. The maximum atomic E-state index is 11.9. The lowest BCUT2D eigenvalue weighted by atomic mass is 9.93. The Balaban J connectivity index is 2.41. The predicted octanol–water partition coefficient (Wildman–Crippen LogP) is 1.69. The van der Waals surface area contributed by atoms with Crippen LogP contribution in [0.25, 0.3) is 0 Å². The monoisotopic (exact) mass is 263 g/mol. The minimum Gasteiger partial charge on any atom is -0.497 e. The number of aliphatic carboxylic acids is 1. The molecule has 0 spiro atoms. The fraction of sp³-hybridized carbons (Fsp3) is 0.429. The van der Waals surface area contributed by atoms with Gasteiger partial charge in [0.1, 0.15) is 5.75 Å². The normalized spacial score (nSPS) is 22.6. The second kappa shape index (κ2) is 5.30. The van der Waals surface area contributed by atoms with Crippen LogP contribution < -0.4 is 4.74 Å². The molecule has 1 amide bonds. The highest BCUT2D eigenvalue weighted by atomic mass is 16.5. The van der Waals surface area contributed by atoms with Gasteiger partial charge in [-0.3, -0.25) is 9.59 Å². The number of carboxylic acids is 1. The molecule has 1 aromatic carbocycles. The van der Waals surface area contributed by atoms with Gasteiger partial charge in [0.25, 0.3) is 0 Å². The van der Waals surface area contributed by atoms with Crippen LogP contribution in [-0.2, 0) is 9.59 Å². The fourth-order valence-corrected chi connectivity index (χ4v) is 2.62. The van der Waals surface area contributed by atoms with Crippen LogP contribution in [0.2, 0.25) is 0 Å². The maximum Gasteiger partial charge on any atom is 0.309 e. The first-order valence-electron chi connectivity index (χ1n) is 6.24. The Morgan fingerprint density at radius 3 is 2.84 bits per heavy atom. The van der Waals surface area contributed by atoms with Crippen molar-refractivity contribution in [2.75, 3.05) is 13.7 Å². The van der Waals surface area contributed by atoms with Crippen molar-refractivity contribution in [3.8, 4) is 5.75 Å². The van der Waals surface area contributed by atoms with Crippen molar-refractivity contribution in [3.05, 3.63) is 29.8 Å². The van der Waals surface area contributed by atoms with Gasteiger partial charge in [0.05, 0.1) is 19.1 Å². The summed E-state index contributed by atoms with van der Waals surface area (Å²) in [7, 11) is 1.56. The highest BCUT2D eigenvalue weighted by Gasteiger charge is 2.43. The van der Waals surface area contributed by atoms with Crippen molar-refractivity contribution in [1.29, 1.82) is 0 Å². The molecular weight excluding hydrogens is 246 g/mol. The predicted molar refractivity (Wildman–Crippen MR) is 68.9 cm³/mol. The second-order valence-electron chi connectivity index (χ2n) is 4.55. The zero-order valence-corrected chi connectivity index (χ0v) is 11.0. The molecule has 1 aliphatic rings. The van der Waals surface area contributed by atoms with E-state index in [0.717, 1.165) is 5.56 Å². The molecule has 0 bridgehead atoms. The molecule has 1 heterocycles. The molecule has 1 N–H and O–H groups in total. The van der Waals surface area contributed by atoms with Gasteiger partial charge in [0, 0.05) is 13.0 Å². The highest BCUT2D eigenvalue weighted by Crippen LogP contribution is 2.38. The number of carbonyl (C=O) groups excluding carboxylic acids is 1. The summed E-state index contributed by atoms with van der Waals surface area (Å²) in [5.41, 5.74) is 0.805. The molecule has 0 aromatic heterocycles. The number of rotatable bonds is 4.